The van der Waals surface area contributed by atoms with Gasteiger partial charge in [0.2, 0.25) is 0 Å². The average molecular weight is 235 g/mol. The zero-order valence-electron chi connectivity index (χ0n) is 10.6. The lowest BCUT2D eigenvalue weighted by molar-refractivity contribution is 0.857. The molecule has 0 atom stereocenters. The molecule has 1 aliphatic rings. The van der Waals surface area contributed by atoms with Gasteiger partial charge < -0.3 is 4.90 Å². The van der Waals surface area contributed by atoms with Crippen molar-refractivity contribution in [1.29, 1.82) is 0 Å². The van der Waals surface area contributed by atoms with Gasteiger partial charge in [0.05, 0.1) is 0 Å². The number of nitrogens with zero attached hydrogens (tertiary/aromatic N) is 1. The molecule has 0 saturated heterocycles. The van der Waals surface area contributed by atoms with Gasteiger partial charge in [-0.05, 0) is 24.1 Å². The molecule has 0 aliphatic carbocycles. The Hall–Kier alpha value is -2.02. The van der Waals surface area contributed by atoms with E-state index in [0.717, 1.165) is 13.1 Å². The van der Waals surface area contributed by atoms with Crippen LogP contribution in [0.1, 0.15) is 18.1 Å². The van der Waals surface area contributed by atoms with E-state index in [2.05, 4.69) is 72.5 Å². The van der Waals surface area contributed by atoms with E-state index in [9.17, 15) is 0 Å². The SMILES string of the molecule is CC1=CCN(Cc2ccccc2)c2ccccc21. The lowest BCUT2D eigenvalue weighted by atomic mass is 10.00. The number of hydrogen-bond acceptors (Lipinski definition) is 1. The zero-order valence-corrected chi connectivity index (χ0v) is 10.6. The van der Waals surface area contributed by atoms with Gasteiger partial charge in [-0.2, -0.15) is 0 Å². The second kappa shape index (κ2) is 4.69. The summed E-state index contributed by atoms with van der Waals surface area (Å²) in [5, 5.41) is 0. The normalized spacial score (nSPS) is 14.1. The second-order valence-corrected chi connectivity index (χ2v) is 4.77. The molecule has 1 heterocycles. The molecule has 2 aromatic rings. The van der Waals surface area contributed by atoms with Crippen LogP contribution in [0.15, 0.2) is 60.7 Å². The third-order valence-electron chi connectivity index (χ3n) is 3.50. The number of fused-ring (bicyclic) bond motifs is 1. The highest BCUT2D eigenvalue weighted by Crippen LogP contribution is 2.31. The van der Waals surface area contributed by atoms with E-state index in [1.54, 1.807) is 0 Å². The molecule has 18 heavy (non-hydrogen) atoms. The summed E-state index contributed by atoms with van der Waals surface area (Å²) in [6.45, 7) is 4.16. The summed E-state index contributed by atoms with van der Waals surface area (Å²) in [4.78, 5) is 2.43. The topological polar surface area (TPSA) is 3.24 Å². The van der Waals surface area contributed by atoms with Gasteiger partial charge in [-0.25, -0.2) is 0 Å². The Kier molecular flexibility index (Phi) is 2.89. The molecule has 2 aromatic carbocycles. The van der Waals surface area contributed by atoms with Crippen molar-refractivity contribution in [2.75, 3.05) is 11.4 Å². The van der Waals surface area contributed by atoms with Gasteiger partial charge in [-0.15, -0.1) is 0 Å². The Bertz CT molecular complexity index is 569. The summed E-state index contributed by atoms with van der Waals surface area (Å²) >= 11 is 0. The van der Waals surface area contributed by atoms with Crippen LogP contribution in [0.25, 0.3) is 5.57 Å². The summed E-state index contributed by atoms with van der Waals surface area (Å²) in [7, 11) is 0. The van der Waals surface area contributed by atoms with Crippen molar-refractivity contribution in [3.05, 3.63) is 71.8 Å². The van der Waals surface area contributed by atoms with Crippen LogP contribution in [-0.4, -0.2) is 6.54 Å². The Labute approximate surface area is 108 Å². The Morgan fingerprint density at radius 1 is 0.944 bits per heavy atom. The van der Waals surface area contributed by atoms with Gasteiger partial charge in [0.1, 0.15) is 0 Å². The monoisotopic (exact) mass is 235 g/mol. The number of hydrogen-bond donors (Lipinski definition) is 0. The lowest BCUT2D eigenvalue weighted by Crippen LogP contribution is -2.26. The van der Waals surface area contributed by atoms with Crippen LogP contribution in [0, 0.1) is 0 Å². The predicted octanol–water partition coefficient (Wildman–Crippen LogP) is 4.11. The van der Waals surface area contributed by atoms with E-state index in [0.29, 0.717) is 0 Å². The molecule has 0 spiro atoms. The predicted molar refractivity (Wildman–Crippen MR) is 77.6 cm³/mol. The van der Waals surface area contributed by atoms with Crippen LogP contribution in [0.4, 0.5) is 5.69 Å². The molecule has 1 aliphatic heterocycles. The highest BCUT2D eigenvalue weighted by molar-refractivity contribution is 5.79. The van der Waals surface area contributed by atoms with E-state index in [-0.39, 0.29) is 0 Å². The van der Waals surface area contributed by atoms with Crippen molar-refractivity contribution in [2.24, 2.45) is 0 Å². The number of benzene rings is 2. The molecule has 0 bridgehead atoms. The zero-order chi connectivity index (χ0) is 12.4. The maximum Gasteiger partial charge on any atom is 0.0448 e. The van der Waals surface area contributed by atoms with Crippen molar-refractivity contribution in [2.45, 2.75) is 13.5 Å². The number of anilines is 1. The van der Waals surface area contributed by atoms with E-state index >= 15 is 0 Å². The van der Waals surface area contributed by atoms with Crippen molar-refractivity contribution in [1.82, 2.24) is 0 Å². The molecule has 0 radical (unpaired) electrons. The van der Waals surface area contributed by atoms with Gasteiger partial charge >= 0.3 is 0 Å². The third-order valence-corrected chi connectivity index (χ3v) is 3.50. The molecule has 1 nitrogen and oxygen atoms in total. The molecular weight excluding hydrogens is 218 g/mol. The summed E-state index contributed by atoms with van der Waals surface area (Å²) < 4.78 is 0. The smallest absolute Gasteiger partial charge is 0.0448 e. The number of rotatable bonds is 2. The molecular formula is C17H17N. The molecule has 0 amide bonds. The van der Waals surface area contributed by atoms with Crippen LogP contribution in [0.5, 0.6) is 0 Å². The van der Waals surface area contributed by atoms with Gasteiger partial charge in [-0.3, -0.25) is 0 Å². The van der Waals surface area contributed by atoms with Crippen molar-refractivity contribution in [3.63, 3.8) is 0 Å². The van der Waals surface area contributed by atoms with E-state index in [4.69, 9.17) is 0 Å². The van der Waals surface area contributed by atoms with Gasteiger partial charge in [0.15, 0.2) is 0 Å². The van der Waals surface area contributed by atoms with E-state index in [1.165, 1.54) is 22.4 Å². The maximum absolute atomic E-state index is 2.43. The highest BCUT2D eigenvalue weighted by atomic mass is 15.1. The average Bonchev–Trinajstić information content (AvgIpc) is 2.44. The second-order valence-electron chi connectivity index (χ2n) is 4.77. The standard InChI is InChI=1S/C17H17N/c1-14-11-12-18(13-15-7-3-2-4-8-15)17-10-6-5-9-16(14)17/h2-11H,12-13H2,1H3. The van der Waals surface area contributed by atoms with Crippen LogP contribution in [-0.2, 0) is 6.54 Å². The lowest BCUT2D eigenvalue weighted by Gasteiger charge is -2.30. The Morgan fingerprint density at radius 2 is 1.67 bits per heavy atom. The van der Waals surface area contributed by atoms with Crippen molar-refractivity contribution >= 4 is 11.3 Å². The van der Waals surface area contributed by atoms with E-state index < -0.39 is 0 Å². The summed E-state index contributed by atoms with van der Waals surface area (Å²) in [5.41, 5.74) is 5.45. The first kappa shape index (κ1) is 11.1. The first-order valence-corrected chi connectivity index (χ1v) is 6.39. The Balaban J connectivity index is 1.92. The largest absolute Gasteiger partial charge is 0.363 e. The van der Waals surface area contributed by atoms with Crippen molar-refractivity contribution < 1.29 is 0 Å². The number of allylic oxidation sites excluding steroid dienone is 1. The molecule has 0 N–H and O–H groups in total. The van der Waals surface area contributed by atoms with Gasteiger partial charge in [-0.1, -0.05) is 54.6 Å². The molecule has 0 fully saturated rings. The summed E-state index contributed by atoms with van der Waals surface area (Å²) in [6.07, 6.45) is 2.31. The third kappa shape index (κ3) is 2.04. The summed E-state index contributed by atoms with van der Waals surface area (Å²) in [6, 6.07) is 19.3. The highest BCUT2D eigenvalue weighted by Gasteiger charge is 2.15. The molecule has 3 rings (SSSR count). The van der Waals surface area contributed by atoms with E-state index in [1.807, 2.05) is 0 Å². The fourth-order valence-corrected chi connectivity index (χ4v) is 2.49. The molecule has 0 unspecified atom stereocenters. The van der Waals surface area contributed by atoms with Crippen LogP contribution in [0.2, 0.25) is 0 Å². The van der Waals surface area contributed by atoms with Gasteiger partial charge in [0.25, 0.3) is 0 Å². The minimum absolute atomic E-state index is 0.974. The Morgan fingerprint density at radius 3 is 2.50 bits per heavy atom. The molecule has 0 saturated carbocycles. The van der Waals surface area contributed by atoms with Crippen LogP contribution < -0.4 is 4.90 Å². The fraction of sp³-hybridized carbons (Fsp3) is 0.176. The minimum atomic E-state index is 0.974. The van der Waals surface area contributed by atoms with Gasteiger partial charge in [0, 0.05) is 24.3 Å². The molecule has 0 aromatic heterocycles. The molecule has 90 valence electrons. The fourth-order valence-electron chi connectivity index (χ4n) is 2.49. The molecule has 1 heteroatoms. The van der Waals surface area contributed by atoms with Crippen LogP contribution in [0.3, 0.4) is 0 Å². The quantitative estimate of drug-likeness (QED) is 0.757. The van der Waals surface area contributed by atoms with Crippen LogP contribution >= 0.6 is 0 Å². The number of para-hydroxylation sites is 1. The minimum Gasteiger partial charge on any atom is -0.363 e. The first-order valence-electron chi connectivity index (χ1n) is 6.39. The summed E-state index contributed by atoms with van der Waals surface area (Å²) in [5.74, 6) is 0. The first-order chi connectivity index (χ1) is 8.84. The maximum atomic E-state index is 2.43. The van der Waals surface area contributed by atoms with Crippen molar-refractivity contribution in [3.8, 4) is 0 Å².